The van der Waals surface area contributed by atoms with Crippen molar-refractivity contribution in [2.45, 2.75) is 12.3 Å². The van der Waals surface area contributed by atoms with Gasteiger partial charge in [0.15, 0.2) is 0 Å². The number of allylic oxidation sites excluding steroid dienone is 1. The zero-order valence-electron chi connectivity index (χ0n) is 28.9. The van der Waals surface area contributed by atoms with Crippen LogP contribution in [0.15, 0.2) is 187 Å². The predicted octanol–water partition coefficient (Wildman–Crippen LogP) is 13.8. The highest BCUT2D eigenvalue weighted by atomic mass is 79.9. The molecule has 0 N–H and O–H groups in total. The highest BCUT2D eigenvalue weighted by molar-refractivity contribution is 9.10. The van der Waals surface area contributed by atoms with E-state index in [1.54, 1.807) is 0 Å². The van der Waals surface area contributed by atoms with Crippen LogP contribution in [0.5, 0.6) is 0 Å². The van der Waals surface area contributed by atoms with Gasteiger partial charge < -0.3 is 4.57 Å². The Balaban J connectivity index is 1.31. The maximum atomic E-state index is 4.30. The Bertz CT molecular complexity index is 2620. The molecule has 0 saturated carbocycles. The minimum atomic E-state index is -0.479. The van der Waals surface area contributed by atoms with Gasteiger partial charge in [-0.25, -0.2) is 0 Å². The van der Waals surface area contributed by atoms with E-state index in [9.17, 15) is 0 Å². The van der Waals surface area contributed by atoms with Crippen molar-refractivity contribution < 1.29 is 0 Å². The molecule has 1 aliphatic carbocycles. The molecule has 248 valence electrons. The summed E-state index contributed by atoms with van der Waals surface area (Å²) in [4.78, 5) is 0. The van der Waals surface area contributed by atoms with E-state index in [1.807, 2.05) is 6.08 Å². The molecule has 7 aromatic carbocycles. The van der Waals surface area contributed by atoms with Crippen LogP contribution in [0.1, 0.15) is 40.4 Å². The molecule has 1 nitrogen and oxygen atoms in total. The van der Waals surface area contributed by atoms with Crippen molar-refractivity contribution in [1.82, 2.24) is 4.57 Å². The normalized spacial score (nSPS) is 13.0. The Hall–Kier alpha value is -5.96. The smallest absolute Gasteiger partial charge is 0.0714 e. The van der Waals surface area contributed by atoms with Crippen LogP contribution in [0.3, 0.4) is 0 Å². The zero-order chi connectivity index (χ0) is 35.2. The molecule has 8 aromatic rings. The molecule has 0 aliphatic heterocycles. The second-order valence-corrected chi connectivity index (χ2v) is 14.3. The van der Waals surface area contributed by atoms with Crippen LogP contribution >= 0.6 is 15.9 Å². The Morgan fingerprint density at radius 2 is 1.17 bits per heavy atom. The van der Waals surface area contributed by atoms with E-state index in [-0.39, 0.29) is 0 Å². The van der Waals surface area contributed by atoms with Crippen LogP contribution in [-0.2, 0) is 5.41 Å². The van der Waals surface area contributed by atoms with E-state index in [0.717, 1.165) is 26.9 Å². The molecular weight excluding hydrogens is 694 g/mol. The number of rotatable bonds is 7. The Morgan fingerprint density at radius 1 is 0.558 bits per heavy atom. The minimum absolute atomic E-state index is 0.479. The van der Waals surface area contributed by atoms with Gasteiger partial charge in [-0.15, -0.1) is 0 Å². The number of hydrogen-bond acceptors (Lipinski definition) is 0. The van der Waals surface area contributed by atoms with Gasteiger partial charge in [0.1, 0.15) is 0 Å². The highest BCUT2D eigenvalue weighted by Crippen LogP contribution is 2.56. The fraction of sp³-hybridized carbons (Fsp3) is 0.0400. The van der Waals surface area contributed by atoms with Crippen molar-refractivity contribution in [2.24, 2.45) is 0 Å². The van der Waals surface area contributed by atoms with Gasteiger partial charge in [-0.3, -0.25) is 0 Å². The largest absolute Gasteiger partial charge is 0.309 e. The van der Waals surface area contributed by atoms with Gasteiger partial charge in [-0.05, 0) is 105 Å². The molecular formula is C50H36BrN. The van der Waals surface area contributed by atoms with Gasteiger partial charge >= 0.3 is 0 Å². The molecule has 0 atom stereocenters. The van der Waals surface area contributed by atoms with Crippen LogP contribution in [0.4, 0.5) is 0 Å². The third-order valence-electron chi connectivity index (χ3n) is 10.6. The lowest BCUT2D eigenvalue weighted by Gasteiger charge is -2.34. The Labute approximate surface area is 314 Å². The number of fused-ring (bicyclic) bond motifs is 4. The highest BCUT2D eigenvalue weighted by Gasteiger charge is 2.46. The molecule has 52 heavy (non-hydrogen) atoms. The van der Waals surface area contributed by atoms with Crippen molar-refractivity contribution in [2.75, 3.05) is 0 Å². The van der Waals surface area contributed by atoms with E-state index in [1.165, 1.54) is 61.0 Å². The summed E-state index contributed by atoms with van der Waals surface area (Å²) in [5.41, 5.74) is 16.4. The maximum Gasteiger partial charge on any atom is 0.0714 e. The molecule has 0 saturated heterocycles. The van der Waals surface area contributed by atoms with Gasteiger partial charge in [0.05, 0.1) is 16.6 Å². The first-order valence-electron chi connectivity index (χ1n) is 17.8. The van der Waals surface area contributed by atoms with Gasteiger partial charge in [0, 0.05) is 21.1 Å². The fourth-order valence-electron chi connectivity index (χ4n) is 8.44. The monoisotopic (exact) mass is 729 g/mol. The van der Waals surface area contributed by atoms with Crippen molar-refractivity contribution in [3.63, 3.8) is 0 Å². The predicted molar refractivity (Wildman–Crippen MR) is 224 cm³/mol. The molecule has 1 aliphatic rings. The molecule has 0 fully saturated rings. The summed E-state index contributed by atoms with van der Waals surface area (Å²) < 4.78 is 3.50. The summed E-state index contributed by atoms with van der Waals surface area (Å²) in [6, 6.07) is 62.2. The fourth-order valence-corrected chi connectivity index (χ4v) is 8.84. The summed E-state index contributed by atoms with van der Waals surface area (Å²) in [5.74, 6) is 0. The first-order valence-corrected chi connectivity index (χ1v) is 18.6. The van der Waals surface area contributed by atoms with E-state index >= 15 is 0 Å². The molecule has 2 heteroatoms. The van der Waals surface area contributed by atoms with Gasteiger partial charge in [0.2, 0.25) is 0 Å². The van der Waals surface area contributed by atoms with Crippen molar-refractivity contribution in [3.05, 3.63) is 220 Å². The van der Waals surface area contributed by atoms with Crippen molar-refractivity contribution >= 4 is 39.0 Å². The van der Waals surface area contributed by atoms with Crippen LogP contribution < -0.4 is 0 Å². The molecule has 0 bridgehead atoms. The first-order chi connectivity index (χ1) is 25.6. The van der Waals surface area contributed by atoms with Gasteiger partial charge in [-0.2, -0.15) is 0 Å². The number of nitrogens with zero attached hydrogens (tertiary/aromatic N) is 1. The third kappa shape index (κ3) is 4.98. The van der Waals surface area contributed by atoms with Crippen LogP contribution in [0.25, 0.3) is 62.1 Å². The average Bonchev–Trinajstić information content (AvgIpc) is 3.68. The first kappa shape index (κ1) is 32.0. The van der Waals surface area contributed by atoms with Crippen LogP contribution in [0.2, 0.25) is 0 Å². The SMILES string of the molecule is C=Cc1c(/C=C\C)n(-c2ccc3c(c2)C(c2ccccc2)(c2ccccc2)c2ccccc2-3)c2cc(-c3cccc(-c4cccc(Br)c4)c3)ccc12. The van der Waals surface area contributed by atoms with Crippen LogP contribution in [-0.4, -0.2) is 4.57 Å². The Kier molecular flexibility index (Phi) is 7.98. The third-order valence-corrected chi connectivity index (χ3v) is 11.1. The van der Waals surface area contributed by atoms with Gasteiger partial charge in [-0.1, -0.05) is 168 Å². The van der Waals surface area contributed by atoms with Gasteiger partial charge in [0.25, 0.3) is 0 Å². The maximum absolute atomic E-state index is 4.30. The van der Waals surface area contributed by atoms with E-state index in [2.05, 4.69) is 216 Å². The second kappa shape index (κ2) is 13.0. The summed E-state index contributed by atoms with van der Waals surface area (Å²) >= 11 is 3.65. The summed E-state index contributed by atoms with van der Waals surface area (Å²) in [5, 5.41) is 1.18. The lowest BCUT2D eigenvalue weighted by Crippen LogP contribution is -2.28. The lowest BCUT2D eigenvalue weighted by atomic mass is 9.67. The van der Waals surface area contributed by atoms with Crippen molar-refractivity contribution in [3.8, 4) is 39.1 Å². The number of benzene rings is 7. The molecule has 0 radical (unpaired) electrons. The molecule has 0 spiro atoms. The molecule has 0 unspecified atom stereocenters. The lowest BCUT2D eigenvalue weighted by molar-refractivity contribution is 0.767. The summed E-state index contributed by atoms with van der Waals surface area (Å²) in [7, 11) is 0. The Morgan fingerprint density at radius 3 is 1.85 bits per heavy atom. The number of aromatic nitrogens is 1. The average molecular weight is 731 g/mol. The summed E-state index contributed by atoms with van der Waals surface area (Å²) in [6.45, 7) is 6.39. The number of halogens is 1. The van der Waals surface area contributed by atoms with E-state index in [0.29, 0.717) is 0 Å². The quantitative estimate of drug-likeness (QED) is 0.154. The zero-order valence-corrected chi connectivity index (χ0v) is 30.5. The van der Waals surface area contributed by atoms with Crippen LogP contribution in [0, 0.1) is 0 Å². The molecule has 0 amide bonds. The molecule has 9 rings (SSSR count). The van der Waals surface area contributed by atoms with E-state index < -0.39 is 5.41 Å². The molecule has 1 heterocycles. The standard InChI is InChI=1S/C50H36BrN/c1-3-15-48-42(4-2)45-28-26-37(35-17-13-16-34(30-35)36-18-14-23-40(51)31-36)32-49(45)52(48)41-27-29-44-43-24-11-12-25-46(43)50(47(44)33-41,38-19-7-5-8-20-38)39-21-9-6-10-22-39/h3-33H,2H2,1H3/b15-3-. The second-order valence-electron chi connectivity index (χ2n) is 13.4. The van der Waals surface area contributed by atoms with Crippen molar-refractivity contribution in [1.29, 1.82) is 0 Å². The molecule has 1 aromatic heterocycles. The summed E-state index contributed by atoms with van der Waals surface area (Å²) in [6.07, 6.45) is 6.35. The minimum Gasteiger partial charge on any atom is -0.309 e. The topological polar surface area (TPSA) is 4.93 Å². The van der Waals surface area contributed by atoms with E-state index in [4.69, 9.17) is 0 Å². The number of hydrogen-bond donors (Lipinski definition) is 0.